The van der Waals surface area contributed by atoms with E-state index in [2.05, 4.69) is 0 Å². The van der Waals surface area contributed by atoms with E-state index in [1.165, 1.54) is 4.90 Å². The van der Waals surface area contributed by atoms with Gasteiger partial charge >= 0.3 is 0 Å². The predicted octanol–water partition coefficient (Wildman–Crippen LogP) is 2.33. The van der Waals surface area contributed by atoms with E-state index in [9.17, 15) is 4.79 Å². The molecule has 0 radical (unpaired) electrons. The number of nitriles is 1. The second kappa shape index (κ2) is 5.38. The Labute approximate surface area is 93.9 Å². The molecule has 1 aromatic carbocycles. The third-order valence-electron chi connectivity index (χ3n) is 1.98. The van der Waals surface area contributed by atoms with Crippen LogP contribution in [0.5, 0.6) is 0 Å². The topological polar surface area (TPSA) is 44.1 Å². The van der Waals surface area contributed by atoms with E-state index in [0.29, 0.717) is 23.6 Å². The third-order valence-corrected chi connectivity index (χ3v) is 2.21. The Morgan fingerprint density at radius 2 is 2.33 bits per heavy atom. The Bertz CT molecular complexity index is 398. The van der Waals surface area contributed by atoms with Gasteiger partial charge in [-0.1, -0.05) is 17.7 Å². The Hall–Kier alpha value is -1.53. The van der Waals surface area contributed by atoms with Crippen LogP contribution in [0.3, 0.4) is 0 Å². The van der Waals surface area contributed by atoms with Crippen molar-refractivity contribution in [2.24, 2.45) is 0 Å². The molecule has 1 amide bonds. The number of halogens is 1. The molecule has 0 atom stereocenters. The highest BCUT2D eigenvalue weighted by molar-refractivity contribution is 6.30. The van der Waals surface area contributed by atoms with Crippen LogP contribution in [0.1, 0.15) is 16.8 Å². The van der Waals surface area contributed by atoms with Gasteiger partial charge in [-0.25, -0.2) is 0 Å². The number of amides is 1. The minimum absolute atomic E-state index is 0.118. The number of hydrogen-bond acceptors (Lipinski definition) is 2. The molecule has 4 heteroatoms. The average molecular weight is 223 g/mol. The van der Waals surface area contributed by atoms with Gasteiger partial charge in [0.25, 0.3) is 5.91 Å². The predicted molar refractivity (Wildman–Crippen MR) is 58.6 cm³/mol. The van der Waals surface area contributed by atoms with Crippen LogP contribution in [0.15, 0.2) is 24.3 Å². The van der Waals surface area contributed by atoms with Crippen molar-refractivity contribution in [3.8, 4) is 6.07 Å². The summed E-state index contributed by atoms with van der Waals surface area (Å²) in [5, 5.41) is 8.94. The maximum Gasteiger partial charge on any atom is 0.253 e. The smallest absolute Gasteiger partial charge is 0.253 e. The molecular formula is C11H11ClN2O. The summed E-state index contributed by atoms with van der Waals surface area (Å²) in [7, 11) is 1.67. The maximum absolute atomic E-state index is 11.8. The van der Waals surface area contributed by atoms with Gasteiger partial charge in [0.1, 0.15) is 0 Å². The minimum Gasteiger partial charge on any atom is -0.341 e. The molecule has 0 spiro atoms. The summed E-state index contributed by atoms with van der Waals surface area (Å²) in [6.07, 6.45) is 0.336. The van der Waals surface area contributed by atoms with Gasteiger partial charge in [0.15, 0.2) is 0 Å². The molecule has 0 aromatic heterocycles. The van der Waals surface area contributed by atoms with Crippen molar-refractivity contribution < 1.29 is 4.79 Å². The zero-order chi connectivity index (χ0) is 11.3. The summed E-state index contributed by atoms with van der Waals surface area (Å²) in [6.45, 7) is 0.432. The fraction of sp³-hybridized carbons (Fsp3) is 0.273. The molecular weight excluding hydrogens is 212 g/mol. The van der Waals surface area contributed by atoms with Crippen molar-refractivity contribution in [2.75, 3.05) is 13.6 Å². The Morgan fingerprint density at radius 1 is 1.60 bits per heavy atom. The third kappa shape index (κ3) is 3.26. The largest absolute Gasteiger partial charge is 0.341 e. The van der Waals surface area contributed by atoms with Gasteiger partial charge in [-0.15, -0.1) is 0 Å². The molecule has 3 nitrogen and oxygen atoms in total. The highest BCUT2D eigenvalue weighted by Crippen LogP contribution is 2.12. The van der Waals surface area contributed by atoms with Crippen molar-refractivity contribution in [1.82, 2.24) is 4.90 Å². The summed E-state index contributed by atoms with van der Waals surface area (Å²) < 4.78 is 0. The Morgan fingerprint density at radius 3 is 2.93 bits per heavy atom. The van der Waals surface area contributed by atoms with Gasteiger partial charge in [-0.2, -0.15) is 5.26 Å². The van der Waals surface area contributed by atoms with Gasteiger partial charge in [0.05, 0.1) is 12.5 Å². The van der Waals surface area contributed by atoms with E-state index in [0.717, 1.165) is 0 Å². The first-order valence-electron chi connectivity index (χ1n) is 4.53. The number of rotatable bonds is 3. The lowest BCUT2D eigenvalue weighted by Crippen LogP contribution is -2.27. The molecule has 0 aliphatic carbocycles. The molecule has 0 heterocycles. The standard InChI is InChI=1S/C11H11ClN2O/c1-14(7-3-6-13)11(15)9-4-2-5-10(12)8-9/h2,4-5,8H,3,7H2,1H3. The summed E-state index contributed by atoms with van der Waals surface area (Å²) in [5.74, 6) is -0.118. The Balaban J connectivity index is 2.72. The first kappa shape index (κ1) is 11.5. The van der Waals surface area contributed by atoms with Crippen molar-refractivity contribution in [3.05, 3.63) is 34.9 Å². The number of nitrogens with zero attached hydrogens (tertiary/aromatic N) is 2. The maximum atomic E-state index is 11.8. The highest BCUT2D eigenvalue weighted by atomic mass is 35.5. The van der Waals surface area contributed by atoms with E-state index in [1.807, 2.05) is 6.07 Å². The van der Waals surface area contributed by atoms with Gasteiger partial charge in [0.2, 0.25) is 0 Å². The lowest BCUT2D eigenvalue weighted by molar-refractivity contribution is 0.0798. The van der Waals surface area contributed by atoms with E-state index in [1.54, 1.807) is 31.3 Å². The van der Waals surface area contributed by atoms with Crippen molar-refractivity contribution in [3.63, 3.8) is 0 Å². The van der Waals surface area contributed by atoms with Crippen molar-refractivity contribution in [2.45, 2.75) is 6.42 Å². The molecule has 0 aliphatic rings. The molecule has 0 N–H and O–H groups in total. The van der Waals surface area contributed by atoms with Crippen LogP contribution < -0.4 is 0 Å². The number of carbonyl (C=O) groups excluding carboxylic acids is 1. The first-order valence-corrected chi connectivity index (χ1v) is 4.91. The molecule has 78 valence electrons. The molecule has 0 fully saturated rings. The van der Waals surface area contributed by atoms with Crippen LogP contribution >= 0.6 is 11.6 Å². The van der Waals surface area contributed by atoms with Gasteiger partial charge < -0.3 is 4.90 Å². The van der Waals surface area contributed by atoms with E-state index < -0.39 is 0 Å². The van der Waals surface area contributed by atoms with Gasteiger partial charge in [-0.3, -0.25) is 4.79 Å². The number of carbonyl (C=O) groups is 1. The van der Waals surface area contributed by atoms with Crippen LogP contribution in [-0.2, 0) is 0 Å². The van der Waals surface area contributed by atoms with Crippen LogP contribution in [0.4, 0.5) is 0 Å². The summed E-state index contributed by atoms with van der Waals surface area (Å²) in [6, 6.07) is 8.77. The second-order valence-electron chi connectivity index (χ2n) is 3.15. The van der Waals surface area contributed by atoms with Crippen LogP contribution in [0.2, 0.25) is 5.02 Å². The van der Waals surface area contributed by atoms with E-state index >= 15 is 0 Å². The lowest BCUT2D eigenvalue weighted by Gasteiger charge is -2.15. The van der Waals surface area contributed by atoms with Gasteiger partial charge in [0, 0.05) is 24.2 Å². The summed E-state index contributed by atoms with van der Waals surface area (Å²) in [4.78, 5) is 13.3. The normalized spacial score (nSPS) is 9.40. The monoisotopic (exact) mass is 222 g/mol. The summed E-state index contributed by atoms with van der Waals surface area (Å²) in [5.41, 5.74) is 0.544. The molecule has 1 aromatic rings. The minimum atomic E-state index is -0.118. The number of hydrogen-bond donors (Lipinski definition) is 0. The molecule has 15 heavy (non-hydrogen) atoms. The molecule has 0 saturated carbocycles. The zero-order valence-electron chi connectivity index (χ0n) is 8.40. The fourth-order valence-electron chi connectivity index (χ4n) is 1.16. The molecule has 0 unspecified atom stereocenters. The van der Waals surface area contributed by atoms with Crippen LogP contribution in [0, 0.1) is 11.3 Å². The highest BCUT2D eigenvalue weighted by Gasteiger charge is 2.10. The lowest BCUT2D eigenvalue weighted by atomic mass is 10.2. The van der Waals surface area contributed by atoms with E-state index in [4.69, 9.17) is 16.9 Å². The van der Waals surface area contributed by atoms with Gasteiger partial charge in [-0.05, 0) is 18.2 Å². The average Bonchev–Trinajstić information content (AvgIpc) is 2.24. The number of benzene rings is 1. The van der Waals surface area contributed by atoms with E-state index in [-0.39, 0.29) is 5.91 Å². The van der Waals surface area contributed by atoms with Crippen molar-refractivity contribution in [1.29, 1.82) is 5.26 Å². The molecule has 0 aliphatic heterocycles. The van der Waals surface area contributed by atoms with Crippen LogP contribution in [-0.4, -0.2) is 24.4 Å². The molecule has 1 rings (SSSR count). The zero-order valence-corrected chi connectivity index (χ0v) is 9.16. The van der Waals surface area contributed by atoms with Crippen LogP contribution in [0.25, 0.3) is 0 Å². The second-order valence-corrected chi connectivity index (χ2v) is 3.58. The Kier molecular flexibility index (Phi) is 4.14. The quantitative estimate of drug-likeness (QED) is 0.788. The molecule has 0 bridgehead atoms. The SMILES string of the molecule is CN(CCC#N)C(=O)c1cccc(Cl)c1. The van der Waals surface area contributed by atoms with Crippen molar-refractivity contribution >= 4 is 17.5 Å². The molecule has 0 saturated heterocycles. The summed E-state index contributed by atoms with van der Waals surface area (Å²) >= 11 is 5.77. The fourth-order valence-corrected chi connectivity index (χ4v) is 1.35. The first-order chi connectivity index (χ1) is 7.15.